The molecule has 222 valence electrons. The van der Waals surface area contributed by atoms with Crippen LogP contribution in [0.4, 0.5) is 16.5 Å². The molecule has 0 radical (unpaired) electrons. The lowest BCUT2D eigenvalue weighted by Crippen LogP contribution is -2.48. The van der Waals surface area contributed by atoms with Crippen LogP contribution in [0.25, 0.3) is 0 Å². The molecule has 1 aromatic heterocycles. The van der Waals surface area contributed by atoms with Crippen molar-refractivity contribution in [3.05, 3.63) is 89.7 Å². The highest BCUT2D eigenvalue weighted by Crippen LogP contribution is 2.32. The van der Waals surface area contributed by atoms with E-state index in [9.17, 15) is 16.8 Å². The first kappa shape index (κ1) is 30.0. The molecule has 1 aliphatic heterocycles. The fourth-order valence-corrected chi connectivity index (χ4v) is 7.70. The zero-order valence-corrected chi connectivity index (χ0v) is 26.2. The highest BCUT2D eigenvalue weighted by molar-refractivity contribution is 7.90. The van der Waals surface area contributed by atoms with E-state index in [1.807, 2.05) is 38.4 Å². The fraction of sp³-hybridized carbons (Fsp3) is 0.310. The molecule has 5 rings (SSSR count). The second-order valence-corrected chi connectivity index (χ2v) is 15.2. The van der Waals surface area contributed by atoms with Crippen LogP contribution < -0.4 is 15.5 Å². The summed E-state index contributed by atoms with van der Waals surface area (Å²) in [4.78, 5) is 9.21. The first-order valence-corrected chi connectivity index (χ1v) is 17.5. The molecule has 0 bridgehead atoms. The highest BCUT2D eigenvalue weighted by atomic mass is 32.2. The Labute approximate surface area is 251 Å². The van der Waals surface area contributed by atoms with Gasteiger partial charge in [0, 0.05) is 75.4 Å². The van der Waals surface area contributed by atoms with E-state index in [2.05, 4.69) is 34.1 Å². The van der Waals surface area contributed by atoms with Crippen LogP contribution in [0.3, 0.4) is 0 Å². The smallest absolute Gasteiger partial charge is 0.243 e. The molecule has 0 aliphatic carbocycles. The van der Waals surface area contributed by atoms with Crippen molar-refractivity contribution in [2.45, 2.75) is 22.1 Å². The largest absolute Gasteiger partial charge is 0.399 e. The van der Waals surface area contributed by atoms with Crippen molar-refractivity contribution >= 4 is 47.9 Å². The molecule has 42 heavy (non-hydrogen) atoms. The fourth-order valence-electron chi connectivity index (χ4n) is 4.88. The Morgan fingerprint density at radius 2 is 1.45 bits per heavy atom. The number of piperazine rings is 1. The number of rotatable bonds is 9. The van der Waals surface area contributed by atoms with E-state index in [0.717, 1.165) is 34.9 Å². The average Bonchev–Trinajstić information content (AvgIpc) is 3.46. The summed E-state index contributed by atoms with van der Waals surface area (Å²) in [6, 6.07) is 21.6. The molecular formula is C29H34N6O4S3. The summed E-state index contributed by atoms with van der Waals surface area (Å²) in [5, 5.41) is 0.753. The number of nitrogens with zero attached hydrogens (tertiary/aromatic N) is 5. The number of sulfone groups is 1. The topological polar surface area (TPSA) is 130 Å². The van der Waals surface area contributed by atoms with Crippen molar-refractivity contribution in [1.29, 1.82) is 0 Å². The summed E-state index contributed by atoms with van der Waals surface area (Å²) < 4.78 is 56.1. The average molecular weight is 627 g/mol. The van der Waals surface area contributed by atoms with Gasteiger partial charge in [0.05, 0.1) is 9.79 Å². The lowest BCUT2D eigenvalue weighted by atomic mass is 9.91. The molecule has 3 aromatic carbocycles. The van der Waals surface area contributed by atoms with Crippen molar-refractivity contribution in [3.8, 4) is 0 Å². The van der Waals surface area contributed by atoms with Crippen molar-refractivity contribution in [2.24, 2.45) is 0 Å². The Kier molecular flexibility index (Phi) is 8.56. The molecule has 4 aromatic rings. The highest BCUT2D eigenvalue weighted by Gasteiger charge is 2.30. The predicted octanol–water partition coefficient (Wildman–Crippen LogP) is 3.48. The molecule has 0 amide bonds. The van der Waals surface area contributed by atoms with Crippen LogP contribution in [-0.2, 0) is 26.3 Å². The van der Waals surface area contributed by atoms with E-state index >= 15 is 0 Å². The lowest BCUT2D eigenvalue weighted by molar-refractivity contribution is 0.384. The Morgan fingerprint density at radius 3 is 2.02 bits per heavy atom. The van der Waals surface area contributed by atoms with Crippen molar-refractivity contribution in [2.75, 3.05) is 62.1 Å². The van der Waals surface area contributed by atoms with Gasteiger partial charge in [-0.25, -0.2) is 21.8 Å². The Bertz CT molecular complexity index is 1730. The van der Waals surface area contributed by atoms with Gasteiger partial charge in [0.15, 0.2) is 15.7 Å². The van der Waals surface area contributed by atoms with Gasteiger partial charge >= 0.3 is 0 Å². The van der Waals surface area contributed by atoms with Crippen molar-refractivity contribution in [1.82, 2.24) is 13.7 Å². The minimum Gasteiger partial charge on any atom is -0.399 e. The molecule has 1 atom stereocenters. The lowest BCUT2D eigenvalue weighted by Gasteiger charge is -2.33. The number of hydrogen-bond acceptors (Lipinski definition) is 10. The molecule has 1 aliphatic rings. The number of anilines is 3. The molecule has 0 saturated carbocycles. The summed E-state index contributed by atoms with van der Waals surface area (Å²) in [6.45, 7) is 1.50. The van der Waals surface area contributed by atoms with Gasteiger partial charge in [-0.05, 0) is 66.1 Å². The molecular weight excluding hydrogens is 593 g/mol. The minimum absolute atomic E-state index is 0.0719. The van der Waals surface area contributed by atoms with E-state index in [-0.39, 0.29) is 28.8 Å². The van der Waals surface area contributed by atoms with E-state index in [0.29, 0.717) is 18.8 Å². The van der Waals surface area contributed by atoms with Crippen LogP contribution in [0.2, 0.25) is 0 Å². The van der Waals surface area contributed by atoms with Crippen LogP contribution in [0.15, 0.2) is 82.6 Å². The summed E-state index contributed by atoms with van der Waals surface area (Å²) in [6.07, 6.45) is 1.81. The van der Waals surface area contributed by atoms with Gasteiger partial charge in [0.1, 0.15) is 0 Å². The summed E-state index contributed by atoms with van der Waals surface area (Å²) >= 11 is 1.32. The number of benzene rings is 3. The maximum Gasteiger partial charge on any atom is 0.243 e. The van der Waals surface area contributed by atoms with Gasteiger partial charge in [-0.2, -0.15) is 8.68 Å². The third kappa shape index (κ3) is 6.59. The quantitative estimate of drug-likeness (QED) is 0.278. The van der Waals surface area contributed by atoms with Gasteiger partial charge in [0.25, 0.3) is 0 Å². The maximum atomic E-state index is 13.2. The number of hydrogen-bond donors (Lipinski definition) is 1. The maximum absolute atomic E-state index is 13.2. The molecule has 1 unspecified atom stereocenters. The SMILES string of the molecule is CN(C)c1ccc(CC(c2ccc(N)cc2)c2nsc(N3CCN(S(=O)(=O)c4ccc(S(C)(=O)=O)cc4)CC3)n2)cc1. The summed E-state index contributed by atoms with van der Waals surface area (Å²) in [5.41, 5.74) is 10.0. The Morgan fingerprint density at radius 1 is 0.857 bits per heavy atom. The van der Waals surface area contributed by atoms with Crippen LogP contribution in [0, 0.1) is 0 Å². The number of aromatic nitrogens is 2. The van der Waals surface area contributed by atoms with Crippen LogP contribution in [-0.4, -0.2) is 77.0 Å². The molecule has 2 N–H and O–H groups in total. The van der Waals surface area contributed by atoms with E-state index in [1.54, 1.807) is 0 Å². The van der Waals surface area contributed by atoms with E-state index < -0.39 is 19.9 Å². The van der Waals surface area contributed by atoms with Gasteiger partial charge in [-0.15, -0.1) is 0 Å². The van der Waals surface area contributed by atoms with Crippen LogP contribution in [0.1, 0.15) is 22.9 Å². The molecule has 2 heterocycles. The predicted molar refractivity (Wildman–Crippen MR) is 168 cm³/mol. The van der Waals surface area contributed by atoms with Crippen molar-refractivity contribution < 1.29 is 16.8 Å². The van der Waals surface area contributed by atoms with Crippen LogP contribution >= 0.6 is 11.5 Å². The van der Waals surface area contributed by atoms with Gasteiger partial charge < -0.3 is 15.5 Å². The minimum atomic E-state index is -3.75. The molecule has 13 heteroatoms. The van der Waals surface area contributed by atoms with Crippen molar-refractivity contribution in [3.63, 3.8) is 0 Å². The Hall–Kier alpha value is -3.52. The molecule has 1 fully saturated rings. The molecule has 0 spiro atoms. The standard InChI is InChI=1S/C29H34N6O4S3/c1-33(2)24-10-4-21(5-11-24)20-27(22-6-8-23(30)9-7-22)28-31-29(40-32-28)34-16-18-35(19-17-34)42(38,39)26-14-12-25(13-15-26)41(3,36)37/h4-15,27H,16-20,30H2,1-3H3. The third-order valence-corrected chi connectivity index (χ3v) is 11.2. The zero-order chi connectivity index (χ0) is 30.1. The molecule has 10 nitrogen and oxygen atoms in total. The van der Waals surface area contributed by atoms with Gasteiger partial charge in [-0.3, -0.25) is 0 Å². The van der Waals surface area contributed by atoms with E-state index in [1.165, 1.54) is 45.7 Å². The zero-order valence-electron chi connectivity index (χ0n) is 23.7. The third-order valence-electron chi connectivity index (χ3n) is 7.37. The Balaban J connectivity index is 1.31. The first-order valence-electron chi connectivity index (χ1n) is 13.4. The number of sulfonamides is 1. The molecule has 1 saturated heterocycles. The second-order valence-electron chi connectivity index (χ2n) is 10.6. The van der Waals surface area contributed by atoms with Gasteiger partial charge in [-0.1, -0.05) is 24.3 Å². The summed E-state index contributed by atoms with van der Waals surface area (Å²) in [5.74, 6) is 0.648. The monoisotopic (exact) mass is 626 g/mol. The summed E-state index contributed by atoms with van der Waals surface area (Å²) in [7, 11) is -3.14. The second kappa shape index (κ2) is 12.0. The number of nitrogens with two attached hydrogens (primary N) is 1. The normalized spacial score (nSPS) is 15.5. The number of nitrogen functional groups attached to an aromatic ring is 1. The van der Waals surface area contributed by atoms with Gasteiger partial charge in [0.2, 0.25) is 15.2 Å². The van der Waals surface area contributed by atoms with Crippen LogP contribution in [0.5, 0.6) is 0 Å². The first-order chi connectivity index (χ1) is 19.9. The van der Waals surface area contributed by atoms with E-state index in [4.69, 9.17) is 15.1 Å².